The highest BCUT2D eigenvalue weighted by molar-refractivity contribution is 5.32. The lowest BCUT2D eigenvalue weighted by Gasteiger charge is -2.38. The van der Waals surface area contributed by atoms with E-state index in [0.29, 0.717) is 0 Å². The zero-order chi connectivity index (χ0) is 20.3. The van der Waals surface area contributed by atoms with Gasteiger partial charge >= 0.3 is 6.18 Å². The number of rotatable bonds is 5. The molecule has 0 spiro atoms. The third-order valence-corrected chi connectivity index (χ3v) is 3.98. The number of nitriles is 1. The average Bonchev–Trinajstić information content (AvgIpc) is 2.59. The maximum Gasteiger partial charge on any atom is 0.416 e. The smallest absolute Gasteiger partial charge is 0.384 e. The van der Waals surface area contributed by atoms with Gasteiger partial charge in [-0.25, -0.2) is 0 Å². The summed E-state index contributed by atoms with van der Waals surface area (Å²) in [4.78, 5) is 0. The van der Waals surface area contributed by atoms with Crippen molar-refractivity contribution in [2.24, 2.45) is 0 Å². The van der Waals surface area contributed by atoms with Crippen molar-refractivity contribution in [3.05, 3.63) is 71.3 Å². The number of hydrogen-bond acceptors (Lipinski definition) is 3. The van der Waals surface area contributed by atoms with Crippen molar-refractivity contribution in [2.75, 3.05) is 0 Å². The van der Waals surface area contributed by atoms with Gasteiger partial charge in [-0.1, -0.05) is 42.5 Å². The molecule has 1 N–H and O–H groups in total. The highest BCUT2D eigenvalue weighted by Gasteiger charge is 2.44. The SMILES string of the molecule is CC(C)(C)O[C@@](C#N)(Cc1ccccc1)[C@@H](O)c1ccc(C(F)(F)F)cc1. The van der Waals surface area contributed by atoms with Crippen LogP contribution in [0.25, 0.3) is 0 Å². The van der Waals surface area contributed by atoms with Crippen LogP contribution < -0.4 is 0 Å². The molecule has 0 fully saturated rings. The van der Waals surface area contributed by atoms with Crippen LogP contribution in [-0.4, -0.2) is 16.3 Å². The Morgan fingerprint density at radius 2 is 1.56 bits per heavy atom. The van der Waals surface area contributed by atoms with Crippen LogP contribution in [0.5, 0.6) is 0 Å². The third-order valence-electron chi connectivity index (χ3n) is 3.98. The second-order valence-corrected chi connectivity index (χ2v) is 7.40. The zero-order valence-electron chi connectivity index (χ0n) is 15.4. The highest BCUT2D eigenvalue weighted by atomic mass is 19.4. The number of hydrogen-bond donors (Lipinski definition) is 1. The zero-order valence-corrected chi connectivity index (χ0v) is 15.4. The fraction of sp³-hybridized carbons (Fsp3) is 0.381. The highest BCUT2D eigenvalue weighted by Crippen LogP contribution is 2.37. The van der Waals surface area contributed by atoms with Crippen molar-refractivity contribution < 1.29 is 23.0 Å². The molecule has 3 nitrogen and oxygen atoms in total. The molecule has 0 aliphatic heterocycles. The Labute approximate surface area is 157 Å². The van der Waals surface area contributed by atoms with E-state index >= 15 is 0 Å². The second kappa shape index (κ2) is 7.71. The van der Waals surface area contributed by atoms with Crippen molar-refractivity contribution in [3.8, 4) is 6.07 Å². The summed E-state index contributed by atoms with van der Waals surface area (Å²) in [6, 6.07) is 15.2. The molecular weight excluding hydrogens is 355 g/mol. The van der Waals surface area contributed by atoms with Crippen molar-refractivity contribution in [3.63, 3.8) is 0 Å². The Morgan fingerprint density at radius 1 is 1.00 bits per heavy atom. The van der Waals surface area contributed by atoms with E-state index in [2.05, 4.69) is 6.07 Å². The van der Waals surface area contributed by atoms with Crippen molar-refractivity contribution in [1.29, 1.82) is 5.26 Å². The molecule has 0 bridgehead atoms. The Morgan fingerprint density at radius 3 is 2.00 bits per heavy atom. The first-order valence-electron chi connectivity index (χ1n) is 8.47. The van der Waals surface area contributed by atoms with Gasteiger partial charge in [-0.05, 0) is 44.0 Å². The summed E-state index contributed by atoms with van der Waals surface area (Å²) in [5.41, 5.74) is -2.27. The molecule has 0 unspecified atom stereocenters. The van der Waals surface area contributed by atoms with Crippen LogP contribution >= 0.6 is 0 Å². The fourth-order valence-electron chi connectivity index (χ4n) is 2.88. The Balaban J connectivity index is 2.44. The molecule has 2 aromatic carbocycles. The molecule has 0 saturated carbocycles. The Hall–Kier alpha value is -2.36. The first-order chi connectivity index (χ1) is 12.5. The van der Waals surface area contributed by atoms with Crippen molar-refractivity contribution in [1.82, 2.24) is 0 Å². The van der Waals surface area contributed by atoms with Crippen molar-refractivity contribution in [2.45, 2.75) is 50.7 Å². The predicted molar refractivity (Wildman–Crippen MR) is 95.7 cm³/mol. The number of aliphatic hydroxyl groups is 1. The summed E-state index contributed by atoms with van der Waals surface area (Å²) in [6.45, 7) is 5.26. The van der Waals surface area contributed by atoms with Crippen LogP contribution in [0.3, 0.4) is 0 Å². The normalized spacial score (nSPS) is 15.6. The lowest BCUT2D eigenvalue weighted by Crippen LogP contribution is -2.45. The summed E-state index contributed by atoms with van der Waals surface area (Å²) in [5, 5.41) is 20.8. The largest absolute Gasteiger partial charge is 0.416 e. The molecule has 2 atom stereocenters. The predicted octanol–water partition coefficient (Wildman–Crippen LogP) is 5.06. The topological polar surface area (TPSA) is 53.2 Å². The number of ether oxygens (including phenoxy) is 1. The van der Waals surface area contributed by atoms with Gasteiger partial charge in [-0.3, -0.25) is 0 Å². The van der Waals surface area contributed by atoms with Crippen LogP contribution in [0.2, 0.25) is 0 Å². The van der Waals surface area contributed by atoms with E-state index in [1.54, 1.807) is 45.0 Å². The molecule has 6 heteroatoms. The molecule has 27 heavy (non-hydrogen) atoms. The van der Waals surface area contributed by atoms with Gasteiger partial charge < -0.3 is 9.84 Å². The monoisotopic (exact) mass is 377 g/mol. The van der Waals surface area contributed by atoms with Crippen LogP contribution in [0, 0.1) is 11.3 Å². The average molecular weight is 377 g/mol. The first kappa shape index (κ1) is 20.9. The summed E-state index contributed by atoms with van der Waals surface area (Å²) in [5.74, 6) is 0. The molecule has 0 saturated heterocycles. The summed E-state index contributed by atoms with van der Waals surface area (Å²) in [6.07, 6.45) is -5.81. The fourth-order valence-corrected chi connectivity index (χ4v) is 2.88. The molecule has 0 aliphatic rings. The van der Waals surface area contributed by atoms with E-state index in [-0.39, 0.29) is 12.0 Å². The van der Waals surface area contributed by atoms with Gasteiger partial charge in [0, 0.05) is 6.42 Å². The molecule has 2 rings (SSSR count). The van der Waals surface area contributed by atoms with Gasteiger partial charge in [0.2, 0.25) is 0 Å². The molecule has 0 aliphatic carbocycles. The molecule has 0 radical (unpaired) electrons. The first-order valence-corrected chi connectivity index (χ1v) is 8.47. The molecule has 0 aromatic heterocycles. The van der Waals surface area contributed by atoms with E-state index in [4.69, 9.17) is 4.74 Å². The minimum Gasteiger partial charge on any atom is -0.384 e. The molecule has 144 valence electrons. The van der Waals surface area contributed by atoms with E-state index in [1.807, 2.05) is 6.07 Å². The lowest BCUT2D eigenvalue weighted by atomic mass is 9.85. The molecule has 2 aromatic rings. The lowest BCUT2D eigenvalue weighted by molar-refractivity contribution is -0.154. The number of benzene rings is 2. The van der Waals surface area contributed by atoms with Crippen LogP contribution in [0.1, 0.15) is 43.6 Å². The number of aliphatic hydroxyl groups excluding tert-OH is 1. The van der Waals surface area contributed by atoms with Gasteiger partial charge in [-0.2, -0.15) is 18.4 Å². The summed E-state index contributed by atoms with van der Waals surface area (Å²) < 4.78 is 44.3. The van der Waals surface area contributed by atoms with Gasteiger partial charge in [0.1, 0.15) is 12.2 Å². The second-order valence-electron chi connectivity index (χ2n) is 7.40. The maximum absolute atomic E-state index is 12.8. The molecule has 0 heterocycles. The number of alkyl halides is 3. The third kappa shape index (κ3) is 5.31. The van der Waals surface area contributed by atoms with Gasteiger partial charge in [0.15, 0.2) is 5.60 Å². The van der Waals surface area contributed by atoms with Gasteiger partial charge in [0.05, 0.1) is 11.2 Å². The van der Waals surface area contributed by atoms with E-state index in [9.17, 15) is 23.5 Å². The minimum atomic E-state index is -4.47. The van der Waals surface area contributed by atoms with Crippen molar-refractivity contribution >= 4 is 0 Å². The van der Waals surface area contributed by atoms with Crippen LogP contribution in [-0.2, 0) is 17.3 Å². The maximum atomic E-state index is 12.8. The van der Waals surface area contributed by atoms with Crippen LogP contribution in [0.4, 0.5) is 13.2 Å². The van der Waals surface area contributed by atoms with Crippen LogP contribution in [0.15, 0.2) is 54.6 Å². The summed E-state index contributed by atoms with van der Waals surface area (Å²) in [7, 11) is 0. The Bertz CT molecular complexity index is 789. The van der Waals surface area contributed by atoms with E-state index in [0.717, 1.165) is 17.7 Å². The molecule has 0 amide bonds. The number of halogens is 3. The van der Waals surface area contributed by atoms with E-state index in [1.165, 1.54) is 12.1 Å². The molecular formula is C21H22F3NO2. The Kier molecular flexibility index (Phi) is 5.98. The summed E-state index contributed by atoms with van der Waals surface area (Å²) >= 11 is 0. The quantitative estimate of drug-likeness (QED) is 0.792. The minimum absolute atomic E-state index is 0.0871. The number of nitrogens with zero attached hydrogens (tertiary/aromatic N) is 1. The standard InChI is InChI=1S/C21H22F3NO2/c1-19(2,3)27-20(14-25,13-15-7-5-4-6-8-15)18(26)16-9-11-17(12-10-16)21(22,23)24/h4-12,18,26H,13H2,1-3H3/t18-,20+/m0/s1. The van der Waals surface area contributed by atoms with Gasteiger partial charge in [0.25, 0.3) is 0 Å². The van der Waals surface area contributed by atoms with Gasteiger partial charge in [-0.15, -0.1) is 0 Å². The van der Waals surface area contributed by atoms with E-state index < -0.39 is 29.0 Å².